The van der Waals surface area contributed by atoms with Crippen molar-refractivity contribution >= 4 is 5.91 Å². The van der Waals surface area contributed by atoms with Crippen LogP contribution >= 0.6 is 0 Å². The van der Waals surface area contributed by atoms with Gasteiger partial charge < -0.3 is 10.1 Å². The topological polar surface area (TPSA) is 44.8 Å². The average Bonchev–Trinajstić information content (AvgIpc) is 3.10. The number of hydrogen-bond acceptors (Lipinski definition) is 4. The van der Waals surface area contributed by atoms with Crippen molar-refractivity contribution in [1.82, 2.24) is 15.1 Å². The number of ether oxygens (including phenoxy) is 1. The van der Waals surface area contributed by atoms with Crippen LogP contribution in [0.15, 0.2) is 24.3 Å². The second kappa shape index (κ2) is 9.00. The van der Waals surface area contributed by atoms with Crippen molar-refractivity contribution in [2.24, 2.45) is 0 Å². The summed E-state index contributed by atoms with van der Waals surface area (Å²) in [6.07, 6.45) is 7.33. The zero-order chi connectivity index (χ0) is 17.5. The molecule has 0 spiro atoms. The third-order valence-corrected chi connectivity index (χ3v) is 5.03. The fourth-order valence-electron chi connectivity index (χ4n) is 3.61. The number of morpholine rings is 1. The van der Waals surface area contributed by atoms with Gasteiger partial charge in [-0.25, -0.2) is 0 Å². The Morgan fingerprint density at radius 1 is 1.24 bits per heavy atom. The van der Waals surface area contributed by atoms with Gasteiger partial charge in [-0.15, -0.1) is 6.42 Å². The highest BCUT2D eigenvalue weighted by Gasteiger charge is 2.29. The van der Waals surface area contributed by atoms with Crippen LogP contribution in [0.4, 0.5) is 0 Å². The number of benzene rings is 1. The predicted molar refractivity (Wildman–Crippen MR) is 97.8 cm³/mol. The van der Waals surface area contributed by atoms with Crippen LogP contribution in [0.5, 0.6) is 0 Å². The number of hydrogen-bond donors (Lipinski definition) is 1. The number of carbonyl (C=O) groups is 1. The van der Waals surface area contributed by atoms with Crippen LogP contribution < -0.4 is 5.32 Å². The van der Waals surface area contributed by atoms with Gasteiger partial charge in [0.05, 0.1) is 25.8 Å². The van der Waals surface area contributed by atoms with Crippen molar-refractivity contribution in [2.75, 3.05) is 39.4 Å². The first-order valence-corrected chi connectivity index (χ1v) is 9.10. The van der Waals surface area contributed by atoms with Crippen LogP contribution in [0.1, 0.15) is 24.0 Å². The van der Waals surface area contributed by atoms with E-state index in [0.29, 0.717) is 13.1 Å². The van der Waals surface area contributed by atoms with Gasteiger partial charge in [0.25, 0.3) is 0 Å². The summed E-state index contributed by atoms with van der Waals surface area (Å²) in [6, 6.07) is 8.26. The molecule has 2 aliphatic rings. The van der Waals surface area contributed by atoms with Gasteiger partial charge in [0.2, 0.25) is 5.91 Å². The van der Waals surface area contributed by atoms with Gasteiger partial charge in [0, 0.05) is 26.2 Å². The van der Waals surface area contributed by atoms with Gasteiger partial charge in [-0.1, -0.05) is 30.2 Å². The first kappa shape index (κ1) is 17.9. The van der Waals surface area contributed by atoms with Gasteiger partial charge in [-0.2, -0.15) is 0 Å². The Bertz CT molecular complexity index is 620. The summed E-state index contributed by atoms with van der Waals surface area (Å²) in [5.41, 5.74) is 2.46. The molecule has 2 fully saturated rings. The number of likely N-dealkylation sites (tertiary alicyclic amines) is 1. The Morgan fingerprint density at radius 3 is 2.76 bits per heavy atom. The van der Waals surface area contributed by atoms with Crippen LogP contribution in [0.3, 0.4) is 0 Å². The molecule has 134 valence electrons. The lowest BCUT2D eigenvalue weighted by Crippen LogP contribution is -2.43. The minimum atomic E-state index is -0.0811. The molecule has 1 atom stereocenters. The summed E-state index contributed by atoms with van der Waals surface area (Å²) in [5, 5.41) is 3.11. The highest BCUT2D eigenvalue weighted by molar-refractivity contribution is 5.82. The maximum Gasteiger partial charge on any atom is 0.237 e. The summed E-state index contributed by atoms with van der Waals surface area (Å²) >= 11 is 0. The van der Waals surface area contributed by atoms with E-state index < -0.39 is 0 Å². The molecule has 1 aromatic rings. The molecular formula is C20H27N3O2. The molecule has 25 heavy (non-hydrogen) atoms. The zero-order valence-corrected chi connectivity index (χ0v) is 14.7. The molecule has 2 saturated heterocycles. The molecule has 1 amide bonds. The van der Waals surface area contributed by atoms with E-state index in [1.54, 1.807) is 0 Å². The number of amides is 1. The molecule has 0 radical (unpaired) electrons. The molecule has 2 aliphatic heterocycles. The summed E-state index contributed by atoms with van der Waals surface area (Å²) < 4.78 is 5.42. The molecule has 0 aliphatic carbocycles. The Morgan fingerprint density at radius 2 is 2.00 bits per heavy atom. The smallest absolute Gasteiger partial charge is 0.237 e. The van der Waals surface area contributed by atoms with E-state index in [-0.39, 0.29) is 11.9 Å². The molecule has 0 unspecified atom stereocenters. The molecule has 0 saturated carbocycles. The molecule has 1 N–H and O–H groups in total. The number of carbonyl (C=O) groups excluding carboxylic acids is 1. The molecule has 5 heteroatoms. The number of nitrogens with zero attached hydrogens (tertiary/aromatic N) is 2. The largest absolute Gasteiger partial charge is 0.379 e. The summed E-state index contributed by atoms with van der Waals surface area (Å²) in [7, 11) is 0. The fraction of sp³-hybridized carbons (Fsp3) is 0.550. The zero-order valence-electron chi connectivity index (χ0n) is 14.7. The van der Waals surface area contributed by atoms with Crippen LogP contribution in [0, 0.1) is 12.3 Å². The third-order valence-electron chi connectivity index (χ3n) is 5.03. The van der Waals surface area contributed by atoms with E-state index in [0.717, 1.165) is 52.2 Å². The van der Waals surface area contributed by atoms with E-state index in [1.807, 2.05) is 6.07 Å². The molecule has 0 aromatic heterocycles. The Hall–Kier alpha value is -1.87. The normalized spacial score (nSPS) is 21.8. The van der Waals surface area contributed by atoms with Crippen molar-refractivity contribution in [1.29, 1.82) is 0 Å². The molecule has 3 rings (SSSR count). The lowest BCUT2D eigenvalue weighted by Gasteiger charge is -2.27. The van der Waals surface area contributed by atoms with E-state index in [9.17, 15) is 4.79 Å². The van der Waals surface area contributed by atoms with Crippen LogP contribution in [-0.2, 0) is 22.6 Å². The monoisotopic (exact) mass is 341 g/mol. The second-order valence-corrected chi connectivity index (χ2v) is 6.71. The van der Waals surface area contributed by atoms with E-state index >= 15 is 0 Å². The molecule has 5 nitrogen and oxygen atoms in total. The molecule has 1 aromatic carbocycles. The molecule has 0 bridgehead atoms. The minimum Gasteiger partial charge on any atom is -0.379 e. The second-order valence-electron chi connectivity index (χ2n) is 6.71. The van der Waals surface area contributed by atoms with Crippen LogP contribution in [0.2, 0.25) is 0 Å². The standard InChI is InChI=1S/C20H27N3O2/c1-2-9-23-10-5-8-19(23)20(24)21-15-17-6-3-4-7-18(17)16-22-11-13-25-14-12-22/h1,3-4,6-7,19H,5,8-16H2,(H,21,24)/t19-/m1/s1. The van der Waals surface area contributed by atoms with Gasteiger partial charge in [0.15, 0.2) is 0 Å². The first-order chi connectivity index (χ1) is 12.3. The van der Waals surface area contributed by atoms with E-state index in [4.69, 9.17) is 11.2 Å². The average molecular weight is 341 g/mol. The summed E-state index contributed by atoms with van der Waals surface area (Å²) in [6.45, 7) is 6.45. The summed E-state index contributed by atoms with van der Waals surface area (Å²) in [5.74, 6) is 2.74. The van der Waals surface area contributed by atoms with E-state index in [1.165, 1.54) is 11.1 Å². The lowest BCUT2D eigenvalue weighted by molar-refractivity contribution is -0.125. The Labute approximate surface area is 150 Å². The van der Waals surface area contributed by atoms with Gasteiger partial charge >= 0.3 is 0 Å². The van der Waals surface area contributed by atoms with Gasteiger partial charge in [-0.3, -0.25) is 14.6 Å². The minimum absolute atomic E-state index is 0.0811. The number of rotatable bonds is 6. The molecular weight excluding hydrogens is 314 g/mol. The highest BCUT2D eigenvalue weighted by atomic mass is 16.5. The highest BCUT2D eigenvalue weighted by Crippen LogP contribution is 2.17. The Kier molecular flexibility index (Phi) is 6.46. The maximum absolute atomic E-state index is 12.6. The summed E-state index contributed by atoms with van der Waals surface area (Å²) in [4.78, 5) is 17.0. The predicted octanol–water partition coefficient (Wildman–Crippen LogP) is 1.23. The SMILES string of the molecule is C#CCN1CCC[C@@H]1C(=O)NCc1ccccc1CN1CCOCC1. The number of terminal acetylenes is 1. The van der Waals surface area contributed by atoms with Crippen molar-refractivity contribution in [3.8, 4) is 12.3 Å². The number of nitrogens with one attached hydrogen (secondary N) is 1. The first-order valence-electron chi connectivity index (χ1n) is 9.10. The third kappa shape index (κ3) is 4.82. The van der Waals surface area contributed by atoms with Crippen LogP contribution in [-0.4, -0.2) is 61.1 Å². The molecule has 2 heterocycles. The van der Waals surface area contributed by atoms with Gasteiger partial charge in [-0.05, 0) is 30.5 Å². The lowest BCUT2D eigenvalue weighted by atomic mass is 10.1. The van der Waals surface area contributed by atoms with Gasteiger partial charge in [0.1, 0.15) is 0 Å². The fourth-order valence-corrected chi connectivity index (χ4v) is 3.61. The van der Waals surface area contributed by atoms with Crippen molar-refractivity contribution in [3.05, 3.63) is 35.4 Å². The van der Waals surface area contributed by atoms with Crippen molar-refractivity contribution in [2.45, 2.75) is 32.0 Å². The van der Waals surface area contributed by atoms with E-state index in [2.05, 4.69) is 39.2 Å². The van der Waals surface area contributed by atoms with Crippen molar-refractivity contribution in [3.63, 3.8) is 0 Å². The quantitative estimate of drug-likeness (QED) is 0.791. The van der Waals surface area contributed by atoms with Crippen molar-refractivity contribution < 1.29 is 9.53 Å². The maximum atomic E-state index is 12.6. The Balaban J connectivity index is 1.57. The van der Waals surface area contributed by atoms with Crippen LogP contribution in [0.25, 0.3) is 0 Å².